The number of carbonyl (C=O) groups is 2. The van der Waals surface area contributed by atoms with Gasteiger partial charge in [0, 0.05) is 19.0 Å². The quantitative estimate of drug-likeness (QED) is 0.889. The molecule has 1 saturated heterocycles. The molecule has 0 aliphatic carbocycles. The van der Waals surface area contributed by atoms with Crippen LogP contribution in [0.15, 0.2) is 18.2 Å². The van der Waals surface area contributed by atoms with Crippen LogP contribution in [-0.4, -0.2) is 46.9 Å². The fourth-order valence-electron chi connectivity index (χ4n) is 2.65. The third-order valence-corrected chi connectivity index (χ3v) is 3.71. The van der Waals surface area contributed by atoms with Crippen molar-refractivity contribution in [3.8, 4) is 5.75 Å². The van der Waals surface area contributed by atoms with Gasteiger partial charge < -0.3 is 19.8 Å². The van der Waals surface area contributed by atoms with Crippen LogP contribution in [-0.2, 0) is 4.79 Å². The molecule has 1 aromatic carbocycles. The number of ether oxygens (including phenoxy) is 1. The zero-order valence-electron chi connectivity index (χ0n) is 11.9. The molecule has 1 heterocycles. The summed E-state index contributed by atoms with van der Waals surface area (Å²) in [5.74, 6) is -0.281. The minimum atomic E-state index is -1.01. The molecular weight excluding hydrogens is 274 g/mol. The van der Waals surface area contributed by atoms with Gasteiger partial charge in [0.1, 0.15) is 5.75 Å². The maximum Gasteiger partial charge on any atom is 0.407 e. The number of hydrogen-bond acceptors (Lipinski definition) is 3. The first-order valence-corrected chi connectivity index (χ1v) is 6.90. The van der Waals surface area contributed by atoms with E-state index in [1.54, 1.807) is 6.07 Å². The van der Waals surface area contributed by atoms with Crippen molar-refractivity contribution in [1.29, 1.82) is 0 Å². The molecule has 1 amide bonds. The normalized spacial score (nSPS) is 18.3. The molecule has 6 nitrogen and oxygen atoms in total. The Balaban J connectivity index is 2.08. The van der Waals surface area contributed by atoms with E-state index in [1.807, 2.05) is 19.1 Å². The lowest BCUT2D eigenvalue weighted by molar-refractivity contribution is -0.139. The van der Waals surface area contributed by atoms with Crippen LogP contribution >= 0.6 is 0 Å². The number of carboxylic acid groups (broad SMARTS) is 2. The third kappa shape index (κ3) is 3.87. The summed E-state index contributed by atoms with van der Waals surface area (Å²) < 4.78 is 5.20. The van der Waals surface area contributed by atoms with Gasteiger partial charge in [-0.05, 0) is 37.0 Å². The average Bonchev–Trinajstić information content (AvgIpc) is 2.46. The van der Waals surface area contributed by atoms with Crippen LogP contribution < -0.4 is 4.74 Å². The second-order valence-corrected chi connectivity index (χ2v) is 5.28. The zero-order chi connectivity index (χ0) is 15.4. The molecule has 21 heavy (non-hydrogen) atoms. The van der Waals surface area contributed by atoms with E-state index >= 15 is 0 Å². The number of hydrogen-bond donors (Lipinski definition) is 2. The first-order valence-electron chi connectivity index (χ1n) is 6.90. The summed E-state index contributed by atoms with van der Waals surface area (Å²) in [4.78, 5) is 23.0. The summed E-state index contributed by atoms with van der Waals surface area (Å²) in [7, 11) is 0. The highest BCUT2D eigenvalue weighted by atomic mass is 16.5. The summed E-state index contributed by atoms with van der Waals surface area (Å²) in [6.07, 6.45) is 0.934. The van der Waals surface area contributed by atoms with Gasteiger partial charge in [0.25, 0.3) is 0 Å². The number of carboxylic acids is 1. The minimum Gasteiger partial charge on any atom is -0.482 e. The lowest BCUT2D eigenvalue weighted by atomic mass is 9.90. The van der Waals surface area contributed by atoms with Gasteiger partial charge >= 0.3 is 12.1 Å². The molecule has 0 aromatic heterocycles. The van der Waals surface area contributed by atoms with Crippen LogP contribution in [0.3, 0.4) is 0 Å². The maximum atomic E-state index is 11.1. The van der Waals surface area contributed by atoms with Gasteiger partial charge in [-0.25, -0.2) is 9.59 Å². The molecule has 1 fully saturated rings. The van der Waals surface area contributed by atoms with Gasteiger partial charge in [0.05, 0.1) is 0 Å². The van der Waals surface area contributed by atoms with Crippen LogP contribution in [0.25, 0.3) is 0 Å². The first kappa shape index (κ1) is 15.2. The number of benzene rings is 1. The topological polar surface area (TPSA) is 87.1 Å². The van der Waals surface area contributed by atoms with Crippen molar-refractivity contribution in [2.75, 3.05) is 19.7 Å². The Morgan fingerprint density at radius 2 is 2.14 bits per heavy atom. The largest absolute Gasteiger partial charge is 0.482 e. The van der Waals surface area contributed by atoms with Crippen molar-refractivity contribution >= 4 is 12.1 Å². The number of aliphatic carboxylic acids is 1. The number of amides is 1. The zero-order valence-corrected chi connectivity index (χ0v) is 11.9. The predicted octanol–water partition coefficient (Wildman–Crippen LogP) is 2.32. The van der Waals surface area contributed by atoms with Crippen molar-refractivity contribution in [3.05, 3.63) is 29.3 Å². The fourth-order valence-corrected chi connectivity index (χ4v) is 2.65. The Kier molecular flexibility index (Phi) is 4.67. The van der Waals surface area contributed by atoms with Crippen LogP contribution in [0, 0.1) is 6.92 Å². The van der Waals surface area contributed by atoms with Gasteiger partial charge in [-0.1, -0.05) is 12.1 Å². The second-order valence-electron chi connectivity index (χ2n) is 5.28. The molecule has 2 rings (SSSR count). The molecule has 0 saturated carbocycles. The van der Waals surface area contributed by atoms with E-state index in [2.05, 4.69) is 0 Å². The fraction of sp³-hybridized carbons (Fsp3) is 0.467. The van der Waals surface area contributed by atoms with Gasteiger partial charge in [-0.3, -0.25) is 0 Å². The predicted molar refractivity (Wildman–Crippen MR) is 75.9 cm³/mol. The molecule has 1 aliphatic rings. The van der Waals surface area contributed by atoms with Gasteiger partial charge in [-0.15, -0.1) is 0 Å². The van der Waals surface area contributed by atoms with Crippen molar-refractivity contribution in [2.24, 2.45) is 0 Å². The SMILES string of the molecule is Cc1cc(C2CCCN(C(=O)O)C2)ccc1OCC(=O)O. The summed E-state index contributed by atoms with van der Waals surface area (Å²) >= 11 is 0. The Labute approximate surface area is 122 Å². The van der Waals surface area contributed by atoms with Gasteiger partial charge in [-0.2, -0.15) is 0 Å². The Bertz CT molecular complexity index is 543. The van der Waals surface area contributed by atoms with Crippen LogP contribution in [0.1, 0.15) is 29.9 Å². The molecule has 6 heteroatoms. The summed E-state index contributed by atoms with van der Waals surface area (Å²) in [5, 5.41) is 17.7. The molecule has 1 aromatic rings. The molecule has 0 spiro atoms. The van der Waals surface area contributed by atoms with E-state index in [0.717, 1.165) is 24.0 Å². The molecule has 114 valence electrons. The van der Waals surface area contributed by atoms with Crippen LogP contribution in [0.2, 0.25) is 0 Å². The van der Waals surface area contributed by atoms with Crippen molar-refractivity contribution in [2.45, 2.75) is 25.7 Å². The number of nitrogens with zero attached hydrogens (tertiary/aromatic N) is 1. The van der Waals surface area contributed by atoms with E-state index in [1.165, 1.54) is 4.90 Å². The highest BCUT2D eigenvalue weighted by Gasteiger charge is 2.24. The van der Waals surface area contributed by atoms with E-state index < -0.39 is 12.1 Å². The third-order valence-electron chi connectivity index (χ3n) is 3.71. The minimum absolute atomic E-state index is 0.182. The van der Waals surface area contributed by atoms with Crippen molar-refractivity contribution < 1.29 is 24.5 Å². The molecule has 1 unspecified atom stereocenters. The van der Waals surface area contributed by atoms with E-state index in [4.69, 9.17) is 14.9 Å². The molecular formula is C15H19NO5. The summed E-state index contributed by atoms with van der Waals surface area (Å²) in [5.41, 5.74) is 1.93. The first-order chi connectivity index (χ1) is 9.97. The van der Waals surface area contributed by atoms with Crippen LogP contribution in [0.5, 0.6) is 5.75 Å². The number of likely N-dealkylation sites (tertiary alicyclic amines) is 1. The molecule has 1 atom stereocenters. The van der Waals surface area contributed by atoms with E-state index in [0.29, 0.717) is 18.8 Å². The lowest BCUT2D eigenvalue weighted by Crippen LogP contribution is -2.38. The molecule has 1 aliphatic heterocycles. The van der Waals surface area contributed by atoms with Crippen molar-refractivity contribution in [3.63, 3.8) is 0 Å². The number of aryl methyl sites for hydroxylation is 1. The molecule has 0 radical (unpaired) electrons. The Morgan fingerprint density at radius 3 is 2.76 bits per heavy atom. The van der Waals surface area contributed by atoms with Crippen molar-refractivity contribution in [1.82, 2.24) is 4.90 Å². The lowest BCUT2D eigenvalue weighted by Gasteiger charge is -2.31. The highest BCUT2D eigenvalue weighted by Crippen LogP contribution is 2.30. The Morgan fingerprint density at radius 1 is 1.38 bits per heavy atom. The highest BCUT2D eigenvalue weighted by molar-refractivity contribution is 5.68. The molecule has 2 N–H and O–H groups in total. The average molecular weight is 293 g/mol. The van der Waals surface area contributed by atoms with E-state index in [9.17, 15) is 9.59 Å². The Hall–Kier alpha value is -2.24. The van der Waals surface area contributed by atoms with Crippen LogP contribution in [0.4, 0.5) is 4.79 Å². The van der Waals surface area contributed by atoms with E-state index in [-0.39, 0.29) is 12.5 Å². The smallest absolute Gasteiger partial charge is 0.407 e. The van der Waals surface area contributed by atoms with Gasteiger partial charge in [0.2, 0.25) is 0 Å². The standard InChI is InChI=1S/C15H19NO5/c1-10-7-11(4-5-13(10)21-9-14(17)18)12-3-2-6-16(8-12)15(19)20/h4-5,7,12H,2-3,6,8-9H2,1H3,(H,17,18)(H,19,20). The summed E-state index contributed by atoms with van der Waals surface area (Å²) in [6.45, 7) is 2.59. The number of piperidine rings is 1. The summed E-state index contributed by atoms with van der Waals surface area (Å²) in [6, 6.07) is 5.60. The monoisotopic (exact) mass is 293 g/mol. The molecule has 0 bridgehead atoms. The number of rotatable bonds is 4. The maximum absolute atomic E-state index is 11.1. The van der Waals surface area contributed by atoms with Gasteiger partial charge in [0.15, 0.2) is 6.61 Å². The second kappa shape index (κ2) is 6.47.